The fraction of sp³-hybridized carbons (Fsp3) is 0.500. The van der Waals surface area contributed by atoms with E-state index in [1.165, 1.54) is 34.8 Å². The molecule has 0 aliphatic heterocycles. The van der Waals surface area contributed by atoms with Gasteiger partial charge in [-0.1, -0.05) is 25.0 Å². The highest BCUT2D eigenvalue weighted by molar-refractivity contribution is 14.1. The van der Waals surface area contributed by atoms with Crippen molar-refractivity contribution in [1.29, 1.82) is 0 Å². The Balaban J connectivity index is 0.00000112. The van der Waals surface area contributed by atoms with Crippen molar-refractivity contribution in [3.8, 4) is 0 Å². The lowest BCUT2D eigenvalue weighted by Gasteiger charge is -2.19. The van der Waals surface area contributed by atoms with E-state index in [2.05, 4.69) is 46.9 Å². The van der Waals surface area contributed by atoms with Crippen LogP contribution in [0, 0.1) is 9.49 Å². The van der Waals surface area contributed by atoms with Crippen LogP contribution in [0.1, 0.15) is 37.3 Å². The van der Waals surface area contributed by atoms with Gasteiger partial charge in [0, 0.05) is 9.61 Å². The number of rotatable bonds is 2. The highest BCUT2D eigenvalue weighted by Crippen LogP contribution is 2.34. The van der Waals surface area contributed by atoms with Crippen LogP contribution in [0.15, 0.2) is 24.3 Å². The van der Waals surface area contributed by atoms with Crippen LogP contribution in [0.5, 0.6) is 0 Å². The summed E-state index contributed by atoms with van der Waals surface area (Å²) in [5.41, 5.74) is 7.55. The third-order valence-electron chi connectivity index (χ3n) is 3.16. The van der Waals surface area contributed by atoms with Crippen molar-refractivity contribution in [2.45, 2.75) is 31.7 Å². The molecule has 15 heavy (non-hydrogen) atoms. The SMILES string of the molecule is Cl.N[C@@H](c1ccc(I)cc1)C1CCCC1. The molecule has 1 nitrogen and oxygen atoms in total. The molecule has 0 radical (unpaired) electrons. The molecule has 3 heteroatoms. The van der Waals surface area contributed by atoms with E-state index >= 15 is 0 Å². The maximum absolute atomic E-state index is 6.25. The van der Waals surface area contributed by atoms with E-state index in [1.807, 2.05) is 0 Å². The molecule has 1 aromatic rings. The van der Waals surface area contributed by atoms with Gasteiger partial charge in [0.15, 0.2) is 0 Å². The summed E-state index contributed by atoms with van der Waals surface area (Å²) in [5.74, 6) is 0.718. The molecule has 0 aromatic heterocycles. The number of nitrogens with two attached hydrogens (primary N) is 1. The van der Waals surface area contributed by atoms with Crippen LogP contribution in [0.3, 0.4) is 0 Å². The van der Waals surface area contributed by atoms with Gasteiger partial charge in [0.05, 0.1) is 0 Å². The Labute approximate surface area is 111 Å². The highest BCUT2D eigenvalue weighted by Gasteiger charge is 2.22. The van der Waals surface area contributed by atoms with Crippen LogP contribution >= 0.6 is 35.0 Å². The van der Waals surface area contributed by atoms with Crippen molar-refractivity contribution in [1.82, 2.24) is 0 Å². The number of benzene rings is 1. The van der Waals surface area contributed by atoms with Crippen molar-refractivity contribution < 1.29 is 0 Å². The lowest BCUT2D eigenvalue weighted by Crippen LogP contribution is -2.18. The predicted molar refractivity (Wildman–Crippen MR) is 75.3 cm³/mol. The van der Waals surface area contributed by atoms with E-state index in [1.54, 1.807) is 0 Å². The molecule has 0 bridgehead atoms. The third-order valence-corrected chi connectivity index (χ3v) is 3.88. The van der Waals surface area contributed by atoms with E-state index < -0.39 is 0 Å². The van der Waals surface area contributed by atoms with Crippen LogP contribution < -0.4 is 5.73 Å². The number of hydrogen-bond acceptors (Lipinski definition) is 1. The van der Waals surface area contributed by atoms with Crippen LogP contribution in [-0.2, 0) is 0 Å². The van der Waals surface area contributed by atoms with E-state index in [4.69, 9.17) is 5.73 Å². The smallest absolute Gasteiger partial charge is 0.0323 e. The number of hydrogen-bond donors (Lipinski definition) is 1. The largest absolute Gasteiger partial charge is 0.324 e. The molecule has 1 aliphatic rings. The van der Waals surface area contributed by atoms with E-state index in [9.17, 15) is 0 Å². The molecule has 1 aliphatic carbocycles. The van der Waals surface area contributed by atoms with Crippen molar-refractivity contribution in [3.05, 3.63) is 33.4 Å². The van der Waals surface area contributed by atoms with Crippen molar-refractivity contribution in [2.75, 3.05) is 0 Å². The summed E-state index contributed by atoms with van der Waals surface area (Å²) in [6, 6.07) is 8.89. The topological polar surface area (TPSA) is 26.0 Å². The molecule has 0 unspecified atom stereocenters. The average Bonchev–Trinajstić information content (AvgIpc) is 2.71. The summed E-state index contributed by atoms with van der Waals surface area (Å²) in [5, 5.41) is 0. The molecule has 0 amide bonds. The summed E-state index contributed by atoms with van der Waals surface area (Å²) < 4.78 is 1.28. The molecule has 1 saturated carbocycles. The first kappa shape index (κ1) is 13.3. The van der Waals surface area contributed by atoms with Gasteiger partial charge in [-0.25, -0.2) is 0 Å². The first-order valence-corrected chi connectivity index (χ1v) is 6.36. The van der Waals surface area contributed by atoms with Gasteiger partial charge in [0.2, 0.25) is 0 Å². The maximum atomic E-state index is 6.25. The predicted octanol–water partition coefficient (Wildman–Crippen LogP) is 3.90. The van der Waals surface area contributed by atoms with Gasteiger partial charge in [0.25, 0.3) is 0 Å². The van der Waals surface area contributed by atoms with Gasteiger partial charge in [-0.3, -0.25) is 0 Å². The Morgan fingerprint density at radius 2 is 1.67 bits per heavy atom. The molecule has 2 N–H and O–H groups in total. The zero-order chi connectivity index (χ0) is 9.97. The summed E-state index contributed by atoms with van der Waals surface area (Å²) in [4.78, 5) is 0. The van der Waals surface area contributed by atoms with Crippen molar-refractivity contribution >= 4 is 35.0 Å². The fourth-order valence-electron chi connectivity index (χ4n) is 2.27. The maximum Gasteiger partial charge on any atom is 0.0323 e. The van der Waals surface area contributed by atoms with Crippen LogP contribution in [-0.4, -0.2) is 0 Å². The quantitative estimate of drug-likeness (QED) is 0.814. The summed E-state index contributed by atoms with van der Waals surface area (Å²) in [6.45, 7) is 0. The first-order chi connectivity index (χ1) is 6.77. The Morgan fingerprint density at radius 3 is 2.20 bits per heavy atom. The van der Waals surface area contributed by atoms with Crippen molar-refractivity contribution in [3.63, 3.8) is 0 Å². The minimum absolute atomic E-state index is 0. The summed E-state index contributed by atoms with van der Waals surface area (Å²) in [7, 11) is 0. The molecular weight excluding hydrogens is 320 g/mol. The van der Waals surface area contributed by atoms with Crippen LogP contribution in [0.25, 0.3) is 0 Å². The Morgan fingerprint density at radius 1 is 1.13 bits per heavy atom. The third kappa shape index (κ3) is 3.33. The normalized spacial score (nSPS) is 18.5. The Kier molecular flexibility index (Phi) is 5.36. The van der Waals surface area contributed by atoms with Gasteiger partial charge in [-0.05, 0) is 59.0 Å². The molecule has 1 atom stereocenters. The van der Waals surface area contributed by atoms with Crippen LogP contribution in [0.4, 0.5) is 0 Å². The summed E-state index contributed by atoms with van der Waals surface area (Å²) >= 11 is 2.33. The lowest BCUT2D eigenvalue weighted by atomic mass is 9.93. The highest BCUT2D eigenvalue weighted by atomic mass is 127. The molecule has 84 valence electrons. The Bertz CT molecular complexity index is 293. The molecule has 2 rings (SSSR count). The molecule has 0 spiro atoms. The fourth-order valence-corrected chi connectivity index (χ4v) is 2.63. The molecule has 1 aromatic carbocycles. The second kappa shape index (κ2) is 6.06. The molecule has 0 heterocycles. The minimum Gasteiger partial charge on any atom is -0.324 e. The second-order valence-electron chi connectivity index (χ2n) is 4.12. The van der Waals surface area contributed by atoms with Gasteiger partial charge in [-0.2, -0.15) is 0 Å². The van der Waals surface area contributed by atoms with Gasteiger partial charge < -0.3 is 5.73 Å². The molecular formula is C12H17ClIN. The standard InChI is InChI=1S/C12H16IN.ClH/c13-11-7-5-10(6-8-11)12(14)9-3-1-2-4-9;/h5-9,12H,1-4,14H2;1H/t12-;/m1./s1. The zero-order valence-corrected chi connectivity index (χ0v) is 11.6. The number of halogens is 2. The van der Waals surface area contributed by atoms with Gasteiger partial charge in [-0.15, -0.1) is 12.4 Å². The van der Waals surface area contributed by atoms with E-state index in [0.29, 0.717) is 0 Å². The Hall–Kier alpha value is 0.200. The molecule has 0 saturated heterocycles. The van der Waals surface area contributed by atoms with Gasteiger partial charge in [0.1, 0.15) is 0 Å². The zero-order valence-electron chi connectivity index (χ0n) is 8.66. The average molecular weight is 338 g/mol. The second-order valence-corrected chi connectivity index (χ2v) is 5.37. The van der Waals surface area contributed by atoms with E-state index in [-0.39, 0.29) is 18.4 Å². The van der Waals surface area contributed by atoms with Crippen LogP contribution in [0.2, 0.25) is 0 Å². The van der Waals surface area contributed by atoms with E-state index in [0.717, 1.165) is 5.92 Å². The van der Waals surface area contributed by atoms with Gasteiger partial charge >= 0.3 is 0 Å². The van der Waals surface area contributed by atoms with Crippen molar-refractivity contribution in [2.24, 2.45) is 11.7 Å². The first-order valence-electron chi connectivity index (χ1n) is 5.28. The molecule has 1 fully saturated rings. The summed E-state index contributed by atoms with van der Waals surface area (Å²) in [6.07, 6.45) is 5.35. The lowest BCUT2D eigenvalue weighted by molar-refractivity contribution is 0.445. The minimum atomic E-state index is 0. The monoisotopic (exact) mass is 337 g/mol.